The number of rotatable bonds is 3. The van der Waals surface area contributed by atoms with E-state index in [4.69, 9.17) is 0 Å². The van der Waals surface area contributed by atoms with Gasteiger partial charge in [-0.1, -0.05) is 19.3 Å². The highest BCUT2D eigenvalue weighted by Gasteiger charge is 2.22. The first-order chi connectivity index (χ1) is 7.40. The first kappa shape index (κ1) is 11.1. The molecule has 0 aliphatic heterocycles. The first-order valence-corrected chi connectivity index (χ1v) is 6.82. The summed E-state index contributed by atoms with van der Waals surface area (Å²) in [5.74, 6) is 0.818. The highest BCUT2D eigenvalue weighted by atomic mass is 32.1. The summed E-state index contributed by atoms with van der Waals surface area (Å²) in [5, 5.41) is 3.49. The van der Waals surface area contributed by atoms with Crippen molar-refractivity contribution >= 4 is 11.3 Å². The number of nitrogens with zero attached hydrogens (tertiary/aromatic N) is 1. The average Bonchev–Trinajstić information content (AvgIpc) is 2.64. The molecule has 0 amide bonds. The van der Waals surface area contributed by atoms with Crippen molar-refractivity contribution in [2.75, 3.05) is 7.05 Å². The van der Waals surface area contributed by atoms with Crippen molar-refractivity contribution in [3.05, 3.63) is 16.6 Å². The van der Waals surface area contributed by atoms with Crippen LogP contribution in [-0.4, -0.2) is 18.1 Å². The van der Waals surface area contributed by atoms with Crippen molar-refractivity contribution in [1.29, 1.82) is 0 Å². The highest BCUT2D eigenvalue weighted by molar-refractivity contribution is 7.09. The maximum absolute atomic E-state index is 4.16. The zero-order valence-electron chi connectivity index (χ0n) is 9.41. The second-order valence-electron chi connectivity index (χ2n) is 4.47. The average molecular weight is 224 g/mol. The number of hydrogen-bond acceptors (Lipinski definition) is 3. The summed E-state index contributed by atoms with van der Waals surface area (Å²) < 4.78 is 0. The van der Waals surface area contributed by atoms with Gasteiger partial charge in [-0.2, -0.15) is 0 Å². The lowest BCUT2D eigenvalue weighted by Gasteiger charge is -2.24. The lowest BCUT2D eigenvalue weighted by Crippen LogP contribution is -2.33. The number of nitrogens with one attached hydrogen (secondary N) is 1. The minimum Gasteiger partial charge on any atom is -0.317 e. The molecule has 1 saturated carbocycles. The van der Waals surface area contributed by atoms with Crippen LogP contribution in [0.25, 0.3) is 0 Å². The van der Waals surface area contributed by atoms with Gasteiger partial charge in [-0.3, -0.25) is 4.98 Å². The fourth-order valence-corrected chi connectivity index (χ4v) is 3.30. The molecule has 2 nitrogen and oxygen atoms in total. The molecule has 1 aliphatic rings. The third-order valence-corrected chi connectivity index (χ3v) is 4.28. The molecule has 0 spiro atoms. The predicted molar refractivity (Wildman–Crippen MR) is 65.2 cm³/mol. The molecule has 15 heavy (non-hydrogen) atoms. The van der Waals surface area contributed by atoms with E-state index in [9.17, 15) is 0 Å². The van der Waals surface area contributed by atoms with Crippen molar-refractivity contribution in [3.8, 4) is 0 Å². The van der Waals surface area contributed by atoms with E-state index >= 15 is 0 Å². The minimum absolute atomic E-state index is 0.717. The Morgan fingerprint density at radius 2 is 2.27 bits per heavy atom. The van der Waals surface area contributed by atoms with Crippen LogP contribution in [0.3, 0.4) is 0 Å². The van der Waals surface area contributed by atoms with Crippen LogP contribution < -0.4 is 5.32 Å². The highest BCUT2D eigenvalue weighted by Crippen LogP contribution is 2.27. The number of aromatic nitrogens is 1. The molecule has 2 rings (SSSR count). The third-order valence-electron chi connectivity index (χ3n) is 3.48. The van der Waals surface area contributed by atoms with Gasteiger partial charge < -0.3 is 5.32 Å². The maximum Gasteiger partial charge on any atom is 0.0794 e. The monoisotopic (exact) mass is 224 g/mol. The third kappa shape index (κ3) is 3.02. The van der Waals surface area contributed by atoms with Gasteiger partial charge in [-0.25, -0.2) is 0 Å². The molecule has 1 aromatic rings. The van der Waals surface area contributed by atoms with E-state index in [0.29, 0.717) is 0 Å². The van der Waals surface area contributed by atoms with Crippen LogP contribution in [0, 0.1) is 5.92 Å². The smallest absolute Gasteiger partial charge is 0.0794 e. The Morgan fingerprint density at radius 3 is 3.00 bits per heavy atom. The molecule has 2 unspecified atom stereocenters. The maximum atomic E-state index is 4.16. The van der Waals surface area contributed by atoms with E-state index < -0.39 is 0 Å². The molecule has 1 aliphatic carbocycles. The Bertz CT molecular complexity index is 271. The second kappa shape index (κ2) is 5.61. The van der Waals surface area contributed by atoms with E-state index in [1.807, 2.05) is 11.7 Å². The molecular formula is C12H20N2S. The summed E-state index contributed by atoms with van der Waals surface area (Å²) >= 11 is 1.80. The summed E-state index contributed by atoms with van der Waals surface area (Å²) in [6.45, 7) is 0. The molecule has 0 saturated heterocycles. The van der Waals surface area contributed by atoms with Crippen LogP contribution in [0.4, 0.5) is 0 Å². The zero-order chi connectivity index (χ0) is 10.5. The lowest BCUT2D eigenvalue weighted by molar-refractivity contribution is 0.352. The quantitative estimate of drug-likeness (QED) is 0.799. The molecule has 0 radical (unpaired) electrons. The van der Waals surface area contributed by atoms with Crippen LogP contribution in [0.1, 0.15) is 37.0 Å². The Hall–Kier alpha value is -0.410. The van der Waals surface area contributed by atoms with Crippen LogP contribution >= 0.6 is 11.3 Å². The largest absolute Gasteiger partial charge is 0.317 e. The fraction of sp³-hybridized carbons (Fsp3) is 0.750. The fourth-order valence-electron chi connectivity index (χ4n) is 2.61. The number of thiazole rings is 1. The van der Waals surface area contributed by atoms with Crippen molar-refractivity contribution in [2.45, 2.75) is 44.6 Å². The molecule has 2 atom stereocenters. The topological polar surface area (TPSA) is 24.9 Å². The van der Waals surface area contributed by atoms with E-state index in [1.165, 1.54) is 43.4 Å². The molecular weight excluding hydrogens is 204 g/mol. The zero-order valence-corrected chi connectivity index (χ0v) is 10.2. The standard InChI is InChI=1S/C12H20N2S/c1-13-12-6-4-2-3-5-10(12)7-11-8-14-9-15-11/h8-10,12-13H,2-7H2,1H3. The van der Waals surface area contributed by atoms with Crippen molar-refractivity contribution in [1.82, 2.24) is 10.3 Å². The van der Waals surface area contributed by atoms with Gasteiger partial charge in [0.1, 0.15) is 0 Å². The SMILES string of the molecule is CNC1CCCCCC1Cc1cncs1. The molecule has 1 heterocycles. The van der Waals surface area contributed by atoms with Gasteiger partial charge in [0.2, 0.25) is 0 Å². The van der Waals surface area contributed by atoms with Gasteiger partial charge in [0.15, 0.2) is 0 Å². The summed E-state index contributed by atoms with van der Waals surface area (Å²) in [7, 11) is 2.11. The summed E-state index contributed by atoms with van der Waals surface area (Å²) in [6, 6.07) is 0.717. The van der Waals surface area contributed by atoms with Gasteiger partial charge in [0.05, 0.1) is 5.51 Å². The van der Waals surface area contributed by atoms with Gasteiger partial charge in [-0.15, -0.1) is 11.3 Å². The summed E-state index contributed by atoms with van der Waals surface area (Å²) in [6.07, 6.45) is 10.2. The Morgan fingerprint density at radius 1 is 1.40 bits per heavy atom. The van der Waals surface area contributed by atoms with Gasteiger partial charge >= 0.3 is 0 Å². The van der Waals surface area contributed by atoms with E-state index in [2.05, 4.69) is 17.3 Å². The molecule has 3 heteroatoms. The van der Waals surface area contributed by atoms with Crippen molar-refractivity contribution < 1.29 is 0 Å². The Kier molecular flexibility index (Phi) is 4.15. The normalized spacial score (nSPS) is 27.5. The molecule has 84 valence electrons. The summed E-state index contributed by atoms with van der Waals surface area (Å²) in [4.78, 5) is 5.61. The molecule has 0 bridgehead atoms. The van der Waals surface area contributed by atoms with Crippen molar-refractivity contribution in [3.63, 3.8) is 0 Å². The van der Waals surface area contributed by atoms with Crippen LogP contribution in [0.2, 0.25) is 0 Å². The molecule has 1 aromatic heterocycles. The van der Waals surface area contributed by atoms with Gasteiger partial charge in [0, 0.05) is 17.1 Å². The van der Waals surface area contributed by atoms with E-state index in [0.717, 1.165) is 12.0 Å². The molecule has 1 fully saturated rings. The van der Waals surface area contributed by atoms with E-state index in [-0.39, 0.29) is 0 Å². The minimum atomic E-state index is 0.717. The molecule has 1 N–H and O–H groups in total. The predicted octanol–water partition coefficient (Wildman–Crippen LogP) is 2.85. The van der Waals surface area contributed by atoms with Crippen LogP contribution in [0.5, 0.6) is 0 Å². The lowest BCUT2D eigenvalue weighted by atomic mass is 9.91. The van der Waals surface area contributed by atoms with Crippen molar-refractivity contribution in [2.24, 2.45) is 5.92 Å². The van der Waals surface area contributed by atoms with Gasteiger partial charge in [-0.05, 0) is 32.2 Å². The van der Waals surface area contributed by atoms with Crippen LogP contribution in [0.15, 0.2) is 11.7 Å². The first-order valence-electron chi connectivity index (χ1n) is 5.95. The van der Waals surface area contributed by atoms with Crippen LogP contribution in [-0.2, 0) is 6.42 Å². The molecule has 0 aromatic carbocycles. The second-order valence-corrected chi connectivity index (χ2v) is 5.44. The summed E-state index contributed by atoms with van der Waals surface area (Å²) in [5.41, 5.74) is 1.94. The Balaban J connectivity index is 1.97. The Labute approximate surface area is 96.1 Å². The number of hydrogen-bond donors (Lipinski definition) is 1. The van der Waals surface area contributed by atoms with Gasteiger partial charge in [0.25, 0.3) is 0 Å². The van der Waals surface area contributed by atoms with E-state index in [1.54, 1.807) is 11.3 Å².